The number of carboxylic acids is 1. The zero-order chi connectivity index (χ0) is 14.5. The lowest BCUT2D eigenvalue weighted by Crippen LogP contribution is -2.13. The van der Waals surface area contributed by atoms with E-state index in [1.54, 1.807) is 28.9 Å². The largest absolute Gasteiger partial charge is 0.492 e. The van der Waals surface area contributed by atoms with Crippen molar-refractivity contribution in [3.8, 4) is 5.75 Å². The second-order valence-electron chi connectivity index (χ2n) is 4.07. The Morgan fingerprint density at radius 2 is 2.30 bits per heavy atom. The lowest BCUT2D eigenvalue weighted by atomic mass is 10.2. The number of carbonyl (C=O) groups is 1. The quantitative estimate of drug-likeness (QED) is 0.884. The topological polar surface area (TPSA) is 77.2 Å². The highest BCUT2D eigenvalue weighted by Gasteiger charge is 2.17. The maximum Gasteiger partial charge on any atom is 0.358 e. The summed E-state index contributed by atoms with van der Waals surface area (Å²) >= 11 is 5.85. The molecule has 0 fully saturated rings. The van der Waals surface area contributed by atoms with Crippen LogP contribution >= 0.6 is 11.6 Å². The summed E-state index contributed by atoms with van der Waals surface area (Å²) in [6.45, 7) is 2.64. The molecule has 1 N–H and O–H groups in total. The maximum absolute atomic E-state index is 11.0. The molecule has 0 aliphatic carbocycles. The van der Waals surface area contributed by atoms with Gasteiger partial charge in [-0.25, -0.2) is 9.48 Å². The molecule has 0 saturated carbocycles. The van der Waals surface area contributed by atoms with Crippen LogP contribution in [0.15, 0.2) is 24.3 Å². The highest BCUT2D eigenvalue weighted by molar-refractivity contribution is 6.30. The van der Waals surface area contributed by atoms with Gasteiger partial charge in [-0.15, -0.1) is 5.10 Å². The number of nitrogens with zero attached hydrogens (tertiary/aromatic N) is 3. The van der Waals surface area contributed by atoms with E-state index in [0.717, 1.165) is 0 Å². The fourth-order valence-corrected chi connectivity index (χ4v) is 2.02. The van der Waals surface area contributed by atoms with E-state index in [2.05, 4.69) is 10.3 Å². The van der Waals surface area contributed by atoms with E-state index in [9.17, 15) is 4.79 Å². The first-order valence-electron chi connectivity index (χ1n) is 6.15. The molecule has 0 spiro atoms. The summed E-state index contributed by atoms with van der Waals surface area (Å²) in [7, 11) is 0. The summed E-state index contributed by atoms with van der Waals surface area (Å²) in [5, 5.41) is 17.1. The number of ether oxygens (including phenoxy) is 1. The number of halogens is 1. The van der Waals surface area contributed by atoms with Crippen LogP contribution in [0.4, 0.5) is 0 Å². The van der Waals surface area contributed by atoms with Gasteiger partial charge >= 0.3 is 5.97 Å². The first-order valence-corrected chi connectivity index (χ1v) is 6.53. The predicted octanol–water partition coefficient (Wildman–Crippen LogP) is 2.27. The van der Waals surface area contributed by atoms with Gasteiger partial charge in [-0.3, -0.25) is 0 Å². The van der Waals surface area contributed by atoms with E-state index in [4.69, 9.17) is 21.4 Å². The smallest absolute Gasteiger partial charge is 0.358 e. The molecule has 2 aromatic rings. The van der Waals surface area contributed by atoms with Gasteiger partial charge in [0.05, 0.1) is 12.2 Å². The van der Waals surface area contributed by atoms with Gasteiger partial charge in [0.15, 0.2) is 5.69 Å². The first-order chi connectivity index (χ1) is 9.61. The van der Waals surface area contributed by atoms with Crippen LogP contribution < -0.4 is 4.74 Å². The van der Waals surface area contributed by atoms with Crippen LogP contribution in [0, 0.1) is 0 Å². The van der Waals surface area contributed by atoms with Crippen molar-refractivity contribution in [1.29, 1.82) is 0 Å². The minimum absolute atomic E-state index is 0.00439. The van der Waals surface area contributed by atoms with E-state index in [-0.39, 0.29) is 5.69 Å². The van der Waals surface area contributed by atoms with Crippen molar-refractivity contribution in [2.45, 2.75) is 19.9 Å². The first kappa shape index (κ1) is 14.3. The zero-order valence-electron chi connectivity index (χ0n) is 10.9. The Kier molecular flexibility index (Phi) is 4.57. The molecular weight excluding hydrogens is 282 g/mol. The van der Waals surface area contributed by atoms with Crippen LogP contribution in [0.2, 0.25) is 5.02 Å². The highest BCUT2D eigenvalue weighted by atomic mass is 35.5. The fraction of sp³-hybridized carbons (Fsp3) is 0.308. The molecule has 0 aliphatic rings. The Morgan fingerprint density at radius 3 is 2.95 bits per heavy atom. The lowest BCUT2D eigenvalue weighted by molar-refractivity contribution is 0.0689. The molecule has 1 aromatic heterocycles. The van der Waals surface area contributed by atoms with Crippen LogP contribution in [0.5, 0.6) is 5.75 Å². The second kappa shape index (κ2) is 6.38. The molecule has 0 aliphatic heterocycles. The zero-order valence-corrected chi connectivity index (χ0v) is 11.7. The summed E-state index contributed by atoms with van der Waals surface area (Å²) in [6.07, 6.45) is 0.547. The number of carboxylic acid groups (broad SMARTS) is 1. The molecule has 1 aromatic carbocycles. The SMILES string of the molecule is CCc1c(C(=O)O)nnn1CCOc1cccc(Cl)c1. The van der Waals surface area contributed by atoms with Crippen LogP contribution in [-0.4, -0.2) is 32.7 Å². The molecule has 1 heterocycles. The summed E-state index contributed by atoms with van der Waals surface area (Å²) < 4.78 is 7.09. The third kappa shape index (κ3) is 3.27. The minimum Gasteiger partial charge on any atom is -0.492 e. The molecular formula is C13H14ClN3O3. The molecule has 0 unspecified atom stereocenters. The summed E-state index contributed by atoms with van der Waals surface area (Å²) in [5.74, 6) is -0.405. The lowest BCUT2D eigenvalue weighted by Gasteiger charge is -2.08. The third-order valence-corrected chi connectivity index (χ3v) is 2.98. The van der Waals surface area contributed by atoms with Gasteiger partial charge in [-0.05, 0) is 24.6 Å². The predicted molar refractivity (Wildman–Crippen MR) is 73.3 cm³/mol. The third-order valence-electron chi connectivity index (χ3n) is 2.74. The number of aromatic carboxylic acids is 1. The Bertz CT molecular complexity index is 613. The minimum atomic E-state index is -1.07. The number of aromatic nitrogens is 3. The van der Waals surface area contributed by atoms with Gasteiger partial charge in [-0.2, -0.15) is 0 Å². The van der Waals surface area contributed by atoms with Gasteiger partial charge < -0.3 is 9.84 Å². The summed E-state index contributed by atoms with van der Waals surface area (Å²) in [5.41, 5.74) is 0.586. The van der Waals surface area contributed by atoms with E-state index in [1.807, 2.05) is 6.92 Å². The Hall–Kier alpha value is -2.08. The Balaban J connectivity index is 1.99. The summed E-state index contributed by atoms with van der Waals surface area (Å²) in [6, 6.07) is 7.08. The van der Waals surface area contributed by atoms with E-state index < -0.39 is 5.97 Å². The molecule has 7 heteroatoms. The number of benzene rings is 1. The van der Waals surface area contributed by atoms with Crippen LogP contribution in [0.3, 0.4) is 0 Å². The van der Waals surface area contributed by atoms with Crippen molar-refractivity contribution in [1.82, 2.24) is 15.0 Å². The standard InChI is InChI=1S/C13H14ClN3O3/c1-2-11-12(13(18)19)15-16-17(11)6-7-20-10-5-3-4-9(14)8-10/h3-5,8H,2,6-7H2,1H3,(H,18,19). The number of hydrogen-bond donors (Lipinski definition) is 1. The fourth-order valence-electron chi connectivity index (χ4n) is 1.84. The van der Waals surface area contributed by atoms with Crippen molar-refractivity contribution in [3.63, 3.8) is 0 Å². The number of rotatable bonds is 6. The highest BCUT2D eigenvalue weighted by Crippen LogP contribution is 2.17. The molecule has 0 bridgehead atoms. The molecule has 0 amide bonds. The summed E-state index contributed by atoms with van der Waals surface area (Å²) in [4.78, 5) is 11.0. The van der Waals surface area contributed by atoms with Gasteiger partial charge in [0.2, 0.25) is 0 Å². The monoisotopic (exact) mass is 295 g/mol. The van der Waals surface area contributed by atoms with Crippen molar-refractivity contribution in [2.75, 3.05) is 6.61 Å². The van der Waals surface area contributed by atoms with E-state index in [0.29, 0.717) is 36.0 Å². The van der Waals surface area contributed by atoms with E-state index in [1.165, 1.54) is 0 Å². The maximum atomic E-state index is 11.0. The van der Waals surface area contributed by atoms with Crippen LogP contribution in [0.25, 0.3) is 0 Å². The average molecular weight is 296 g/mol. The molecule has 0 saturated heterocycles. The average Bonchev–Trinajstić information content (AvgIpc) is 2.82. The van der Waals surface area contributed by atoms with Gasteiger partial charge in [0.1, 0.15) is 12.4 Å². The van der Waals surface area contributed by atoms with Gasteiger partial charge in [0.25, 0.3) is 0 Å². The van der Waals surface area contributed by atoms with Crippen LogP contribution in [0.1, 0.15) is 23.1 Å². The molecule has 2 rings (SSSR count). The number of hydrogen-bond acceptors (Lipinski definition) is 4. The van der Waals surface area contributed by atoms with Crippen molar-refractivity contribution in [3.05, 3.63) is 40.7 Å². The van der Waals surface area contributed by atoms with Crippen molar-refractivity contribution < 1.29 is 14.6 Å². The van der Waals surface area contributed by atoms with E-state index >= 15 is 0 Å². The molecule has 0 radical (unpaired) electrons. The van der Waals surface area contributed by atoms with Crippen molar-refractivity contribution >= 4 is 17.6 Å². The van der Waals surface area contributed by atoms with Crippen LogP contribution in [-0.2, 0) is 13.0 Å². The Morgan fingerprint density at radius 1 is 1.50 bits per heavy atom. The van der Waals surface area contributed by atoms with Gasteiger partial charge in [0, 0.05) is 5.02 Å². The molecule has 6 nitrogen and oxygen atoms in total. The normalized spacial score (nSPS) is 10.5. The van der Waals surface area contributed by atoms with Crippen molar-refractivity contribution in [2.24, 2.45) is 0 Å². The van der Waals surface area contributed by atoms with Gasteiger partial charge in [-0.1, -0.05) is 29.8 Å². The molecule has 106 valence electrons. The second-order valence-corrected chi connectivity index (χ2v) is 4.51. The molecule has 0 atom stereocenters. The Labute approximate surface area is 120 Å². The molecule has 20 heavy (non-hydrogen) atoms.